The van der Waals surface area contributed by atoms with Gasteiger partial charge in [-0.15, -0.1) is 6.58 Å². The number of fused-ring (bicyclic) bond motifs is 3. The first-order chi connectivity index (χ1) is 15.5. The Morgan fingerprint density at radius 2 is 2.06 bits per heavy atom. The smallest absolute Gasteiger partial charge is 0.343 e. The highest BCUT2D eigenvalue weighted by molar-refractivity contribution is 7.15. The number of aromatic nitrogens is 2. The fourth-order valence-electron chi connectivity index (χ4n) is 3.45. The quantitative estimate of drug-likeness (QED) is 0.303. The summed E-state index contributed by atoms with van der Waals surface area (Å²) in [6, 6.07) is 11.3. The molecule has 8 heteroatoms. The molecule has 2 aromatic heterocycles. The minimum absolute atomic E-state index is 0.118. The minimum Gasteiger partial charge on any atom is -0.490 e. The number of thiazole rings is 1. The molecule has 0 atom stereocenters. The average molecular weight is 451 g/mol. The molecule has 0 radical (unpaired) electrons. The molecule has 2 heterocycles. The van der Waals surface area contributed by atoms with Crippen LogP contribution in [0.25, 0.3) is 22.1 Å². The highest BCUT2D eigenvalue weighted by atomic mass is 32.1. The lowest BCUT2D eigenvalue weighted by Crippen LogP contribution is -2.22. The lowest BCUT2D eigenvalue weighted by molar-refractivity contribution is -0.142. The van der Waals surface area contributed by atoms with Crippen LogP contribution in [-0.4, -0.2) is 35.7 Å². The second-order valence-corrected chi connectivity index (χ2v) is 7.94. The zero-order valence-electron chi connectivity index (χ0n) is 17.8. The lowest BCUT2D eigenvalue weighted by Gasteiger charge is -2.16. The van der Waals surface area contributed by atoms with Crippen molar-refractivity contribution in [2.75, 3.05) is 20.3 Å². The van der Waals surface area contributed by atoms with Gasteiger partial charge in [0.15, 0.2) is 23.1 Å². The van der Waals surface area contributed by atoms with Crippen molar-refractivity contribution < 1.29 is 19.0 Å². The molecule has 0 aliphatic rings. The topological polar surface area (TPSA) is 79.1 Å². The molecule has 0 spiro atoms. The van der Waals surface area contributed by atoms with Crippen LogP contribution in [0.5, 0.6) is 11.5 Å². The van der Waals surface area contributed by atoms with Crippen molar-refractivity contribution in [1.29, 1.82) is 0 Å². The lowest BCUT2D eigenvalue weighted by atomic mass is 10.1. The molecule has 0 bridgehead atoms. The maximum absolute atomic E-state index is 13.1. The molecule has 32 heavy (non-hydrogen) atoms. The number of nitrogens with zero attached hydrogens (tertiary/aromatic N) is 2. The van der Waals surface area contributed by atoms with E-state index in [0.29, 0.717) is 34.0 Å². The predicted octanol–water partition coefficient (Wildman–Crippen LogP) is 3.14. The summed E-state index contributed by atoms with van der Waals surface area (Å²) in [4.78, 5) is 29.9. The molecule has 0 amide bonds. The fraction of sp³-hybridized carbons (Fsp3) is 0.208. The summed E-state index contributed by atoms with van der Waals surface area (Å²) in [7, 11) is 1.31. The van der Waals surface area contributed by atoms with E-state index in [2.05, 4.69) is 16.3 Å². The van der Waals surface area contributed by atoms with Crippen molar-refractivity contribution in [3.05, 3.63) is 75.1 Å². The van der Waals surface area contributed by atoms with Gasteiger partial charge in [-0.1, -0.05) is 29.5 Å². The standard InChI is InChI=1S/C24H22N2O5S/c1-4-8-16-11-15(12-19(30-5-2)22(16)31-14-21(27)29-3)13-20-23(28)26-18-10-7-6-9-17(18)25-24(26)32-20/h4,6-7,9-13H,1,5,8,14H2,2-3H3. The summed E-state index contributed by atoms with van der Waals surface area (Å²) in [6.07, 6.45) is 4.06. The summed E-state index contributed by atoms with van der Waals surface area (Å²) >= 11 is 1.33. The maximum Gasteiger partial charge on any atom is 0.343 e. The second kappa shape index (κ2) is 9.23. The third kappa shape index (κ3) is 4.09. The van der Waals surface area contributed by atoms with Crippen LogP contribution in [-0.2, 0) is 16.0 Å². The molecule has 7 nitrogen and oxygen atoms in total. The van der Waals surface area contributed by atoms with E-state index in [9.17, 15) is 9.59 Å². The van der Waals surface area contributed by atoms with Crippen molar-refractivity contribution in [1.82, 2.24) is 9.38 Å². The van der Waals surface area contributed by atoms with Crippen molar-refractivity contribution in [3.8, 4) is 11.5 Å². The Balaban J connectivity index is 1.83. The van der Waals surface area contributed by atoms with E-state index in [1.54, 1.807) is 16.5 Å². The summed E-state index contributed by atoms with van der Waals surface area (Å²) < 4.78 is 18.3. The van der Waals surface area contributed by atoms with Gasteiger partial charge in [-0.3, -0.25) is 4.79 Å². The Bertz CT molecular complexity index is 1420. The molecule has 0 aliphatic heterocycles. The maximum atomic E-state index is 13.1. The Hall–Kier alpha value is -3.65. The number of hydrogen-bond donors (Lipinski definition) is 0. The first-order valence-electron chi connectivity index (χ1n) is 10.1. The van der Waals surface area contributed by atoms with Crippen molar-refractivity contribution in [2.45, 2.75) is 13.3 Å². The first kappa shape index (κ1) is 21.6. The number of allylic oxidation sites excluding steroid dienone is 1. The number of imidazole rings is 1. The van der Waals surface area contributed by atoms with Gasteiger partial charge >= 0.3 is 5.97 Å². The third-order valence-corrected chi connectivity index (χ3v) is 5.79. The van der Waals surface area contributed by atoms with Gasteiger partial charge in [0.1, 0.15) is 0 Å². The largest absolute Gasteiger partial charge is 0.490 e. The number of carbonyl (C=O) groups is 1. The molecule has 4 aromatic rings. The molecule has 0 fully saturated rings. The Morgan fingerprint density at radius 1 is 1.25 bits per heavy atom. The fourth-order valence-corrected chi connectivity index (χ4v) is 4.44. The van der Waals surface area contributed by atoms with Crippen LogP contribution in [0.3, 0.4) is 0 Å². The van der Waals surface area contributed by atoms with Crippen LogP contribution in [0.15, 0.2) is 53.8 Å². The van der Waals surface area contributed by atoms with Gasteiger partial charge in [0.2, 0.25) is 0 Å². The third-order valence-electron chi connectivity index (χ3n) is 4.82. The van der Waals surface area contributed by atoms with Crippen LogP contribution in [0, 0.1) is 0 Å². The van der Waals surface area contributed by atoms with Gasteiger partial charge in [0, 0.05) is 5.56 Å². The summed E-state index contributed by atoms with van der Waals surface area (Å²) in [5.41, 5.74) is 3.04. The molecular formula is C24H22N2O5S. The number of rotatable bonds is 8. The average Bonchev–Trinajstić information content (AvgIpc) is 3.29. The molecule has 0 N–H and O–H groups in total. The van der Waals surface area contributed by atoms with E-state index < -0.39 is 5.97 Å². The summed E-state index contributed by atoms with van der Waals surface area (Å²) in [5, 5.41) is 0. The summed E-state index contributed by atoms with van der Waals surface area (Å²) in [5.74, 6) is 0.461. The molecule has 0 aliphatic carbocycles. The van der Waals surface area contributed by atoms with E-state index in [4.69, 9.17) is 9.47 Å². The molecule has 4 rings (SSSR count). The van der Waals surface area contributed by atoms with E-state index >= 15 is 0 Å². The first-order valence-corrected chi connectivity index (χ1v) is 10.9. The van der Waals surface area contributed by atoms with Crippen LogP contribution in [0.4, 0.5) is 0 Å². The van der Waals surface area contributed by atoms with E-state index in [-0.39, 0.29) is 12.2 Å². The predicted molar refractivity (Wildman–Crippen MR) is 125 cm³/mol. The monoisotopic (exact) mass is 450 g/mol. The van der Waals surface area contributed by atoms with E-state index in [1.807, 2.05) is 43.3 Å². The number of carbonyl (C=O) groups excluding carboxylic acids is 1. The van der Waals surface area contributed by atoms with Crippen molar-refractivity contribution in [2.24, 2.45) is 0 Å². The molecule has 164 valence electrons. The van der Waals surface area contributed by atoms with Crippen LogP contribution >= 0.6 is 11.3 Å². The molecular weight excluding hydrogens is 428 g/mol. The van der Waals surface area contributed by atoms with E-state index in [0.717, 1.165) is 22.2 Å². The van der Waals surface area contributed by atoms with Gasteiger partial charge in [-0.05, 0) is 49.2 Å². The minimum atomic E-state index is -0.488. The Morgan fingerprint density at radius 3 is 2.81 bits per heavy atom. The SMILES string of the molecule is C=CCc1cc(C=c2sc3nc4ccccc4n3c2=O)cc(OCC)c1OCC(=O)OC. The number of methoxy groups -OCH3 is 1. The highest BCUT2D eigenvalue weighted by Crippen LogP contribution is 2.34. The van der Waals surface area contributed by atoms with Gasteiger partial charge in [0.25, 0.3) is 5.56 Å². The number of ether oxygens (including phenoxy) is 3. The number of para-hydroxylation sites is 2. The zero-order valence-corrected chi connectivity index (χ0v) is 18.6. The number of benzene rings is 2. The summed E-state index contributed by atoms with van der Waals surface area (Å²) in [6.45, 7) is 5.85. The van der Waals surface area contributed by atoms with Crippen LogP contribution < -0.4 is 19.6 Å². The van der Waals surface area contributed by atoms with Crippen LogP contribution in [0.1, 0.15) is 18.1 Å². The van der Waals surface area contributed by atoms with Gasteiger partial charge in [0.05, 0.1) is 29.3 Å². The van der Waals surface area contributed by atoms with Gasteiger partial charge in [-0.2, -0.15) is 0 Å². The van der Waals surface area contributed by atoms with Gasteiger partial charge < -0.3 is 14.2 Å². The second-order valence-electron chi connectivity index (χ2n) is 6.93. The Kier molecular flexibility index (Phi) is 6.23. The molecule has 0 saturated carbocycles. The Labute approximate surface area is 188 Å². The highest BCUT2D eigenvalue weighted by Gasteiger charge is 2.16. The normalized spacial score (nSPS) is 11.8. The van der Waals surface area contributed by atoms with Crippen LogP contribution in [0.2, 0.25) is 0 Å². The van der Waals surface area contributed by atoms with E-state index in [1.165, 1.54) is 18.4 Å². The molecule has 2 aromatic carbocycles. The van der Waals surface area contributed by atoms with Gasteiger partial charge in [-0.25, -0.2) is 14.2 Å². The zero-order chi connectivity index (χ0) is 22.7. The molecule has 0 unspecified atom stereocenters. The molecule has 0 saturated heterocycles. The number of esters is 1. The van der Waals surface area contributed by atoms with Crippen molar-refractivity contribution in [3.63, 3.8) is 0 Å². The van der Waals surface area contributed by atoms with Crippen molar-refractivity contribution >= 4 is 39.4 Å². The number of hydrogen-bond acceptors (Lipinski definition) is 7.